The van der Waals surface area contributed by atoms with E-state index in [0.29, 0.717) is 12.4 Å². The predicted molar refractivity (Wildman–Crippen MR) is 49.5 cm³/mol. The van der Waals surface area contributed by atoms with Crippen molar-refractivity contribution in [1.29, 1.82) is 0 Å². The van der Waals surface area contributed by atoms with E-state index < -0.39 is 0 Å². The summed E-state index contributed by atoms with van der Waals surface area (Å²) >= 11 is 0. The molecule has 4 nitrogen and oxygen atoms in total. The minimum Gasteiger partial charge on any atom is -0.310 e. The Balaban J connectivity index is 2.64. The maximum atomic E-state index is 11.5. The Morgan fingerprint density at radius 3 is 3.00 bits per heavy atom. The lowest BCUT2D eigenvalue weighted by atomic mass is 10.2. The summed E-state index contributed by atoms with van der Waals surface area (Å²) in [7, 11) is 2.00. The van der Waals surface area contributed by atoms with E-state index in [9.17, 15) is 4.79 Å². The van der Waals surface area contributed by atoms with E-state index in [1.165, 1.54) is 0 Å². The van der Waals surface area contributed by atoms with Crippen molar-refractivity contribution in [3.63, 3.8) is 0 Å². The molecular weight excluding hydrogens is 166 g/mol. The predicted octanol–water partition coefficient (Wildman–Crippen LogP) is 0.585. The van der Waals surface area contributed by atoms with Gasteiger partial charge in [-0.05, 0) is 20.9 Å². The second-order valence-corrected chi connectivity index (χ2v) is 3.61. The molecule has 0 amide bonds. The largest absolute Gasteiger partial charge is 0.310 e. The van der Waals surface area contributed by atoms with Crippen LogP contribution in [0.15, 0.2) is 4.79 Å². The van der Waals surface area contributed by atoms with Crippen LogP contribution in [-0.4, -0.2) is 21.9 Å². The van der Waals surface area contributed by atoms with Gasteiger partial charge in [-0.1, -0.05) is 0 Å². The molecule has 1 unspecified atom stereocenters. The van der Waals surface area contributed by atoms with E-state index in [2.05, 4.69) is 21.8 Å². The number of nitrogens with zero attached hydrogens (tertiary/aromatic N) is 2. The maximum absolute atomic E-state index is 11.5. The molecule has 0 saturated heterocycles. The standard InChI is InChI=1S/C9H13N3O/c1-5-8-7(4-12(5)3)9(13)11-6(2)10-8/h5H,4H2,1-3H3,(H,10,11,13). The molecule has 2 heterocycles. The van der Waals surface area contributed by atoms with E-state index in [1.807, 2.05) is 14.0 Å². The van der Waals surface area contributed by atoms with Gasteiger partial charge in [0.1, 0.15) is 5.82 Å². The third-order valence-electron chi connectivity index (χ3n) is 2.63. The molecule has 4 heteroatoms. The highest BCUT2D eigenvalue weighted by atomic mass is 16.1. The van der Waals surface area contributed by atoms with Crippen LogP contribution in [0.3, 0.4) is 0 Å². The lowest BCUT2D eigenvalue weighted by Gasteiger charge is -2.13. The third-order valence-corrected chi connectivity index (χ3v) is 2.63. The van der Waals surface area contributed by atoms with Gasteiger partial charge in [0.15, 0.2) is 0 Å². The molecule has 1 aromatic heterocycles. The molecule has 0 radical (unpaired) electrons. The quantitative estimate of drug-likeness (QED) is 0.634. The van der Waals surface area contributed by atoms with Crippen molar-refractivity contribution in [2.24, 2.45) is 0 Å². The van der Waals surface area contributed by atoms with E-state index in [0.717, 1.165) is 11.3 Å². The summed E-state index contributed by atoms with van der Waals surface area (Å²) in [6, 6.07) is 0.260. The Kier molecular flexibility index (Phi) is 1.73. The molecule has 0 fully saturated rings. The number of hydrogen-bond acceptors (Lipinski definition) is 3. The summed E-state index contributed by atoms with van der Waals surface area (Å²) in [5, 5.41) is 0. The SMILES string of the molecule is Cc1nc2c(c(=O)[nH]1)CN(C)C2C. The average Bonchev–Trinajstić information content (AvgIpc) is 2.32. The first-order chi connectivity index (χ1) is 6.09. The van der Waals surface area contributed by atoms with Gasteiger partial charge in [-0.25, -0.2) is 4.98 Å². The molecule has 0 spiro atoms. The lowest BCUT2D eigenvalue weighted by molar-refractivity contribution is 0.283. The number of H-pyrrole nitrogens is 1. The molecule has 1 aliphatic heterocycles. The lowest BCUT2D eigenvalue weighted by Crippen LogP contribution is -2.16. The summed E-state index contributed by atoms with van der Waals surface area (Å²) in [4.78, 5) is 20.7. The molecule has 0 saturated carbocycles. The van der Waals surface area contributed by atoms with Crippen molar-refractivity contribution in [1.82, 2.24) is 14.9 Å². The van der Waals surface area contributed by atoms with Crippen molar-refractivity contribution in [2.45, 2.75) is 26.4 Å². The third kappa shape index (κ3) is 1.18. The van der Waals surface area contributed by atoms with Gasteiger partial charge in [0.25, 0.3) is 5.56 Å². The van der Waals surface area contributed by atoms with E-state index >= 15 is 0 Å². The highest BCUT2D eigenvalue weighted by Gasteiger charge is 2.27. The van der Waals surface area contributed by atoms with Crippen molar-refractivity contribution >= 4 is 0 Å². The number of aryl methyl sites for hydroxylation is 1. The van der Waals surface area contributed by atoms with Crippen LogP contribution in [0.25, 0.3) is 0 Å². The van der Waals surface area contributed by atoms with E-state index in [1.54, 1.807) is 0 Å². The van der Waals surface area contributed by atoms with Gasteiger partial charge in [0.05, 0.1) is 11.3 Å². The fourth-order valence-corrected chi connectivity index (χ4v) is 1.73. The Morgan fingerprint density at radius 1 is 1.62 bits per heavy atom. The highest BCUT2D eigenvalue weighted by molar-refractivity contribution is 5.25. The molecule has 0 aliphatic carbocycles. The van der Waals surface area contributed by atoms with Crippen molar-refractivity contribution < 1.29 is 0 Å². The van der Waals surface area contributed by atoms with Crippen LogP contribution in [0.2, 0.25) is 0 Å². The number of nitrogens with one attached hydrogen (secondary N) is 1. The Labute approximate surface area is 76.6 Å². The zero-order chi connectivity index (χ0) is 9.59. The van der Waals surface area contributed by atoms with Crippen molar-refractivity contribution in [2.75, 3.05) is 7.05 Å². The van der Waals surface area contributed by atoms with Crippen LogP contribution in [0.4, 0.5) is 0 Å². The highest BCUT2D eigenvalue weighted by Crippen LogP contribution is 2.27. The maximum Gasteiger partial charge on any atom is 0.255 e. The molecule has 0 aromatic carbocycles. The van der Waals surface area contributed by atoms with Gasteiger partial charge in [0, 0.05) is 12.6 Å². The molecule has 70 valence electrons. The van der Waals surface area contributed by atoms with Gasteiger partial charge in [-0.2, -0.15) is 0 Å². The minimum absolute atomic E-state index is 0.0127. The van der Waals surface area contributed by atoms with Crippen LogP contribution in [0, 0.1) is 6.92 Å². The molecular formula is C9H13N3O. The number of fused-ring (bicyclic) bond motifs is 1. The molecule has 1 N–H and O–H groups in total. The van der Waals surface area contributed by atoms with Gasteiger partial charge in [-0.15, -0.1) is 0 Å². The van der Waals surface area contributed by atoms with Gasteiger partial charge >= 0.3 is 0 Å². The Hall–Kier alpha value is -1.16. The van der Waals surface area contributed by atoms with Crippen LogP contribution >= 0.6 is 0 Å². The fraction of sp³-hybridized carbons (Fsp3) is 0.556. The second-order valence-electron chi connectivity index (χ2n) is 3.61. The molecule has 2 rings (SSSR count). The molecule has 0 bridgehead atoms. The van der Waals surface area contributed by atoms with Crippen LogP contribution in [0.5, 0.6) is 0 Å². The average molecular weight is 179 g/mol. The van der Waals surface area contributed by atoms with Crippen molar-refractivity contribution in [3.05, 3.63) is 27.4 Å². The number of hydrogen-bond donors (Lipinski definition) is 1. The molecule has 1 aliphatic rings. The summed E-state index contributed by atoms with van der Waals surface area (Å²) in [6.45, 7) is 4.59. The number of rotatable bonds is 0. The molecule has 1 atom stereocenters. The summed E-state index contributed by atoms with van der Waals surface area (Å²) in [5.41, 5.74) is 1.77. The van der Waals surface area contributed by atoms with Crippen LogP contribution in [0.1, 0.15) is 30.0 Å². The van der Waals surface area contributed by atoms with E-state index in [-0.39, 0.29) is 11.6 Å². The van der Waals surface area contributed by atoms with Gasteiger partial charge < -0.3 is 4.98 Å². The molecule has 13 heavy (non-hydrogen) atoms. The van der Waals surface area contributed by atoms with Crippen LogP contribution < -0.4 is 5.56 Å². The van der Waals surface area contributed by atoms with Crippen molar-refractivity contribution in [3.8, 4) is 0 Å². The topological polar surface area (TPSA) is 49.0 Å². The second kappa shape index (κ2) is 2.67. The Bertz CT molecular complexity index is 396. The summed E-state index contributed by atoms with van der Waals surface area (Å²) in [6.07, 6.45) is 0. The first-order valence-corrected chi connectivity index (χ1v) is 4.39. The smallest absolute Gasteiger partial charge is 0.255 e. The van der Waals surface area contributed by atoms with Crippen LogP contribution in [-0.2, 0) is 6.54 Å². The first-order valence-electron chi connectivity index (χ1n) is 4.39. The zero-order valence-corrected chi connectivity index (χ0v) is 8.09. The van der Waals surface area contributed by atoms with Gasteiger partial charge in [0.2, 0.25) is 0 Å². The number of aromatic nitrogens is 2. The Morgan fingerprint density at radius 2 is 2.31 bits per heavy atom. The fourth-order valence-electron chi connectivity index (χ4n) is 1.73. The monoisotopic (exact) mass is 179 g/mol. The van der Waals surface area contributed by atoms with Gasteiger partial charge in [-0.3, -0.25) is 9.69 Å². The summed E-state index contributed by atoms with van der Waals surface area (Å²) in [5.74, 6) is 0.700. The minimum atomic E-state index is 0.0127. The summed E-state index contributed by atoms with van der Waals surface area (Å²) < 4.78 is 0. The van der Waals surface area contributed by atoms with E-state index in [4.69, 9.17) is 0 Å². The normalized spacial score (nSPS) is 21.9. The zero-order valence-electron chi connectivity index (χ0n) is 8.09. The number of aromatic amines is 1. The first kappa shape index (κ1) is 8.44. The molecule has 1 aromatic rings.